The van der Waals surface area contributed by atoms with Crippen molar-refractivity contribution in [1.82, 2.24) is 6.15 Å². The van der Waals surface area contributed by atoms with Crippen LogP contribution >= 0.6 is 11.6 Å². The van der Waals surface area contributed by atoms with E-state index in [9.17, 15) is 9.90 Å². The van der Waals surface area contributed by atoms with Crippen LogP contribution in [0.3, 0.4) is 0 Å². The maximum absolute atomic E-state index is 10.2. The van der Waals surface area contributed by atoms with Gasteiger partial charge >= 0.3 is 0 Å². The number of aromatic carboxylic acids is 1. The van der Waals surface area contributed by atoms with E-state index < -0.39 is 5.97 Å². The monoisotopic (exact) mass is 313 g/mol. The number of quaternary nitrogens is 1. The molecule has 0 aromatic heterocycles. The highest BCUT2D eigenvalue weighted by atomic mass is 35.5. The van der Waals surface area contributed by atoms with Gasteiger partial charge in [-0.2, -0.15) is 0 Å². The largest absolute Gasteiger partial charge is 1.00 e. The van der Waals surface area contributed by atoms with Crippen LogP contribution in [0.25, 0.3) is 0 Å². The minimum absolute atomic E-state index is 0. The number of rotatable bonds is 1. The Hall–Kier alpha value is 0.1000. The Morgan fingerprint density at radius 2 is 1.60 bits per heavy atom. The van der Waals surface area contributed by atoms with Crippen molar-refractivity contribution in [2.45, 2.75) is 0 Å². The zero-order valence-corrected chi connectivity index (χ0v) is 11.3. The molecule has 92 valence electrons. The van der Waals surface area contributed by atoms with E-state index in [0.717, 1.165) is 0 Å². The molecule has 0 saturated heterocycles. The maximum Gasteiger partial charge on any atom is 0.0715 e. The van der Waals surface area contributed by atoms with Crippen LogP contribution in [0.15, 0.2) is 24.3 Å². The number of benzene rings is 1. The van der Waals surface area contributed by atoms with E-state index in [0.29, 0.717) is 5.02 Å². The van der Waals surface area contributed by atoms with Crippen LogP contribution in [0.1, 0.15) is 10.4 Å². The van der Waals surface area contributed by atoms with E-state index in [1.165, 1.54) is 12.1 Å². The molecule has 0 aliphatic rings. The molecule has 0 bridgehead atoms. The summed E-state index contributed by atoms with van der Waals surface area (Å²) in [6, 6.07) is 5.94. The highest BCUT2D eigenvalue weighted by molar-refractivity contribution is 6.30. The Balaban J connectivity index is -0.0000000667. The van der Waals surface area contributed by atoms with E-state index in [1.54, 1.807) is 12.1 Å². The van der Waals surface area contributed by atoms with Crippen LogP contribution < -0.4 is 60.9 Å². The summed E-state index contributed by atoms with van der Waals surface area (Å²) in [5, 5.41) is 10.6. The predicted molar refractivity (Wildman–Crippen MR) is 41.8 cm³/mol. The molecule has 8 heteroatoms. The Morgan fingerprint density at radius 1 is 1.13 bits per heavy atom. The van der Waals surface area contributed by atoms with Crippen molar-refractivity contribution in [1.29, 1.82) is 0 Å². The second kappa shape index (κ2) is 14.1. The molecule has 1 rings (SSSR count). The highest BCUT2D eigenvalue weighted by Crippen LogP contribution is 2.09. The molecule has 0 saturated carbocycles. The molecule has 0 atom stereocenters. The highest BCUT2D eigenvalue weighted by Gasteiger charge is 1.91. The summed E-state index contributed by atoms with van der Waals surface area (Å²) in [4.78, 5) is 10.2. The van der Waals surface area contributed by atoms with Gasteiger partial charge in [-0.05, 0) is 17.7 Å². The fourth-order valence-corrected chi connectivity index (χ4v) is 0.806. The average molecular weight is 315 g/mol. The van der Waals surface area contributed by atoms with Crippen LogP contribution in [0.4, 0.5) is 0 Å². The molecule has 3 nitrogen and oxygen atoms in total. The van der Waals surface area contributed by atoms with E-state index >= 15 is 0 Å². The van der Waals surface area contributed by atoms with Crippen LogP contribution in [-0.2, 0) is 0 Å². The third-order valence-corrected chi connectivity index (χ3v) is 1.30. The van der Waals surface area contributed by atoms with Gasteiger partial charge < -0.3 is 65.7 Å². The number of carbonyl (C=O) groups excluding carboxylic acids is 1. The van der Waals surface area contributed by atoms with E-state index in [1.807, 2.05) is 0 Å². The molecule has 0 unspecified atom stereocenters. The lowest BCUT2D eigenvalue weighted by atomic mass is 10.2. The molecule has 0 aliphatic carbocycles. The van der Waals surface area contributed by atoms with Crippen molar-refractivity contribution in [2.24, 2.45) is 0 Å². The number of carbonyl (C=O) groups is 1. The van der Waals surface area contributed by atoms with Gasteiger partial charge in [0, 0.05) is 5.02 Å². The molecular weight excluding hydrogens is 307 g/mol. The number of hydrogen-bond acceptors (Lipinski definition) is 2. The van der Waals surface area contributed by atoms with Crippen molar-refractivity contribution < 1.29 is 59.5 Å². The van der Waals surface area contributed by atoms with E-state index in [-0.39, 0.29) is 61.3 Å². The van der Waals surface area contributed by atoms with Crippen molar-refractivity contribution in [3.05, 3.63) is 34.9 Å². The quantitative estimate of drug-likeness (QED) is 0.559. The molecule has 15 heavy (non-hydrogen) atoms. The van der Waals surface area contributed by atoms with Crippen LogP contribution in [0.5, 0.6) is 0 Å². The van der Waals surface area contributed by atoms with Gasteiger partial charge in [-0.3, -0.25) is 0 Å². The summed E-state index contributed by atoms with van der Waals surface area (Å²) < 4.78 is 0. The van der Waals surface area contributed by atoms with Gasteiger partial charge in [0.1, 0.15) is 0 Å². The van der Waals surface area contributed by atoms with E-state index in [2.05, 4.69) is 0 Å². The predicted octanol–water partition coefficient (Wildman–Crippen LogP) is -10.9. The minimum Gasteiger partial charge on any atom is -1.00 e. The maximum atomic E-state index is 10.2. The lowest BCUT2D eigenvalue weighted by molar-refractivity contribution is -0.255. The summed E-state index contributed by atoms with van der Waals surface area (Å²) >= 11 is 5.50. The van der Waals surface area contributed by atoms with Crippen LogP contribution in [0.2, 0.25) is 5.02 Å². The Labute approximate surface area is 118 Å². The first-order valence-electron chi connectivity index (χ1n) is 2.67. The second-order valence-corrected chi connectivity index (χ2v) is 2.23. The number of hydrogen-bond donors (Lipinski definition) is 1. The van der Waals surface area contributed by atoms with E-state index in [4.69, 9.17) is 11.6 Å². The normalized spacial score (nSPS) is 6.20. The van der Waals surface area contributed by atoms with Crippen LogP contribution in [-0.4, -0.2) is 5.97 Å². The molecule has 0 heterocycles. The van der Waals surface area contributed by atoms with Gasteiger partial charge in [-0.1, -0.05) is 23.7 Å². The third kappa shape index (κ3) is 10.4. The summed E-state index contributed by atoms with van der Waals surface area (Å²) in [6.45, 7) is 0. The smallest absolute Gasteiger partial charge is 0.0715 e. The van der Waals surface area contributed by atoms with Gasteiger partial charge in [-0.15, -0.1) is 0 Å². The summed E-state index contributed by atoms with van der Waals surface area (Å²) in [5.74, 6) is -1.21. The van der Waals surface area contributed by atoms with Crippen molar-refractivity contribution in [2.75, 3.05) is 0 Å². The Kier molecular flexibility index (Phi) is 27.7. The number of carboxylic acids is 1. The van der Waals surface area contributed by atoms with Gasteiger partial charge in [0.15, 0.2) is 0 Å². The molecule has 0 radical (unpaired) electrons. The molecule has 0 spiro atoms. The van der Waals surface area contributed by atoms with Gasteiger partial charge in [0.2, 0.25) is 0 Å². The van der Waals surface area contributed by atoms with Gasteiger partial charge in [-0.25, -0.2) is 0 Å². The summed E-state index contributed by atoms with van der Waals surface area (Å²) in [6.07, 6.45) is 0. The summed E-state index contributed by atoms with van der Waals surface area (Å²) in [7, 11) is 0. The Bertz CT molecular complexity index is 271. The summed E-state index contributed by atoms with van der Waals surface area (Å²) in [5.41, 5.74) is 0.104. The Morgan fingerprint density at radius 3 is 1.87 bits per heavy atom. The average Bonchev–Trinajstić information content (AvgIpc) is 1.88. The van der Waals surface area contributed by atoms with Gasteiger partial charge in [0.05, 0.1) is 5.97 Å². The number of carboxylic acid groups (broad SMARTS) is 1. The zero-order valence-electron chi connectivity index (χ0n) is 7.52. The standard InChI is InChI=1S/C7H5ClO2.4ClH.H3N/c8-6-3-1-2-5(4-6)7(9)10;;;;;/h1-4H,(H,9,10);4*1H;1H3/p-4. The van der Waals surface area contributed by atoms with Crippen molar-refractivity contribution >= 4 is 17.6 Å². The molecular formula is C7H8Cl5NO2-4. The van der Waals surface area contributed by atoms with Crippen LogP contribution in [0, 0.1) is 0 Å². The van der Waals surface area contributed by atoms with Gasteiger partial charge in [0.25, 0.3) is 0 Å². The molecule has 0 amide bonds. The molecule has 1 aromatic rings. The molecule has 1 aromatic carbocycles. The fraction of sp³-hybridized carbons (Fsp3) is 0. The molecule has 4 N–H and O–H groups in total. The van der Waals surface area contributed by atoms with Crippen molar-refractivity contribution in [3.63, 3.8) is 0 Å². The minimum atomic E-state index is -1.21. The lowest BCUT2D eigenvalue weighted by Gasteiger charge is -2.00. The lowest BCUT2D eigenvalue weighted by Crippen LogP contribution is -3.00. The SMILES string of the molecule is O=C([O-])c1cccc(Cl)c1.[Cl-].[Cl-].[Cl-].[Cl-].[NH4+]. The van der Waals surface area contributed by atoms with Crippen molar-refractivity contribution in [3.8, 4) is 0 Å². The third-order valence-electron chi connectivity index (χ3n) is 1.06. The second-order valence-electron chi connectivity index (χ2n) is 1.80. The molecule has 0 aliphatic heterocycles. The topological polar surface area (TPSA) is 76.6 Å². The zero-order chi connectivity index (χ0) is 7.56. The number of halogens is 5. The molecule has 0 fully saturated rings. The first kappa shape index (κ1) is 29.4. The first-order chi connectivity index (χ1) is 4.70. The first-order valence-corrected chi connectivity index (χ1v) is 3.05. The fourth-order valence-electron chi connectivity index (χ4n) is 0.615.